The molecule has 0 amide bonds. The van der Waals surface area contributed by atoms with Gasteiger partial charge in [-0.2, -0.15) is 8.42 Å². The van der Waals surface area contributed by atoms with Gasteiger partial charge in [-0.1, -0.05) is 202 Å². The summed E-state index contributed by atoms with van der Waals surface area (Å²) in [5.74, 6) is -0.407. The van der Waals surface area contributed by atoms with E-state index < -0.39 is 59.8 Å². The Balaban J connectivity index is 2.35. The van der Waals surface area contributed by atoms with Gasteiger partial charge in [0.05, 0.1) is 19.8 Å². The summed E-state index contributed by atoms with van der Waals surface area (Å²) < 4.78 is 59.4. The first-order valence-electron chi connectivity index (χ1n) is 27.7. The maximum atomic E-state index is 12.9. The van der Waals surface area contributed by atoms with Crippen LogP contribution in [0.2, 0.25) is 0 Å². The van der Waals surface area contributed by atoms with Crippen molar-refractivity contribution in [2.24, 2.45) is 0 Å². The second kappa shape index (κ2) is 47.5. The quantitative estimate of drug-likeness (QED) is 0.0197. The number of ether oxygens (including phenoxy) is 4. The third kappa shape index (κ3) is 40.1. The molecule has 1 fully saturated rings. The van der Waals surface area contributed by atoms with Gasteiger partial charge in [0.1, 0.15) is 30.5 Å². The summed E-state index contributed by atoms with van der Waals surface area (Å²) in [7, 11) is -5.07. The van der Waals surface area contributed by atoms with Gasteiger partial charge in [-0.15, -0.1) is 0 Å². The Morgan fingerprint density at radius 1 is 0.557 bits per heavy atom. The molecule has 12 nitrogen and oxygen atoms in total. The Morgan fingerprint density at radius 3 is 1.46 bits per heavy atom. The van der Waals surface area contributed by atoms with Crippen molar-refractivity contribution in [1.82, 2.24) is 0 Å². The van der Waals surface area contributed by atoms with Gasteiger partial charge in [-0.05, 0) is 83.5 Å². The van der Waals surface area contributed by atoms with Crippen LogP contribution in [0.5, 0.6) is 0 Å². The normalized spacial score (nSPS) is 19.7. The molecule has 6 unspecified atom stereocenters. The van der Waals surface area contributed by atoms with Crippen molar-refractivity contribution in [3.63, 3.8) is 0 Å². The molecule has 6 atom stereocenters. The van der Waals surface area contributed by atoms with E-state index in [9.17, 15) is 33.1 Å². The number of aliphatic hydroxyl groups is 3. The first-order chi connectivity index (χ1) is 34.1. The fourth-order valence-electron chi connectivity index (χ4n) is 8.17. The summed E-state index contributed by atoms with van der Waals surface area (Å²) in [5.41, 5.74) is 0. The summed E-state index contributed by atoms with van der Waals surface area (Å²) >= 11 is 0. The number of rotatable bonds is 48. The van der Waals surface area contributed by atoms with Gasteiger partial charge in [-0.25, -0.2) is 4.18 Å². The fourth-order valence-corrected chi connectivity index (χ4v) is 8.67. The van der Waals surface area contributed by atoms with E-state index in [-0.39, 0.29) is 19.6 Å². The molecule has 0 aromatic carbocycles. The van der Waals surface area contributed by atoms with Crippen LogP contribution in [-0.4, -0.2) is 97.5 Å². The molecular formula is C57H100O12S. The lowest BCUT2D eigenvalue weighted by Gasteiger charge is -2.41. The van der Waals surface area contributed by atoms with Crippen molar-refractivity contribution in [2.45, 2.75) is 256 Å². The average molecular weight is 1010 g/mol. The number of aliphatic hydroxyl groups excluding tert-OH is 3. The standard InChI is InChI=1S/C57H100O12S/c1-3-5-7-9-11-13-15-17-19-21-23-25-27-29-31-33-35-37-39-41-43-45-47-65-49-51(50-66-57-55(61)56(69-70(62,63)64)54(60)52(48-58)68-57)67-53(59)46-44-42-40-38-36-34-32-30-28-26-24-22-20-18-16-14-12-10-8-6-4-2/h5,7,11,13,17,19,22-25,29,31,51-52,54-58,60-61H,3-4,6,8-10,12,14-16,18,20-21,26-28,30,32-50H2,1-2H3,(H,62,63,64)/b7-5-,13-11-,19-17-,24-22-,25-23-,31-29-. The number of allylic oxidation sites excluding steroid dienone is 12. The second-order valence-electron chi connectivity index (χ2n) is 18.8. The second-order valence-corrected chi connectivity index (χ2v) is 19.8. The van der Waals surface area contributed by atoms with E-state index in [4.69, 9.17) is 18.9 Å². The highest BCUT2D eigenvalue weighted by Crippen LogP contribution is 2.26. The largest absolute Gasteiger partial charge is 0.457 e. The molecule has 1 heterocycles. The van der Waals surface area contributed by atoms with E-state index in [2.05, 4.69) is 90.9 Å². The minimum atomic E-state index is -5.07. The van der Waals surface area contributed by atoms with Gasteiger partial charge < -0.3 is 34.3 Å². The van der Waals surface area contributed by atoms with Crippen LogP contribution in [0, 0.1) is 0 Å². The molecule has 0 bridgehead atoms. The molecule has 0 spiro atoms. The third-order valence-electron chi connectivity index (χ3n) is 12.3. The van der Waals surface area contributed by atoms with Crippen LogP contribution in [0.15, 0.2) is 72.9 Å². The third-order valence-corrected chi connectivity index (χ3v) is 12.8. The number of hydrogen-bond donors (Lipinski definition) is 4. The van der Waals surface area contributed by atoms with Crippen molar-refractivity contribution >= 4 is 16.4 Å². The van der Waals surface area contributed by atoms with Crippen LogP contribution in [0.25, 0.3) is 0 Å². The lowest BCUT2D eigenvalue weighted by molar-refractivity contribution is -0.301. The van der Waals surface area contributed by atoms with E-state index >= 15 is 0 Å². The van der Waals surface area contributed by atoms with Crippen molar-refractivity contribution in [3.05, 3.63) is 72.9 Å². The molecule has 1 saturated heterocycles. The van der Waals surface area contributed by atoms with E-state index in [1.165, 1.54) is 103 Å². The van der Waals surface area contributed by atoms with Gasteiger partial charge in [0.2, 0.25) is 0 Å². The number of carbonyl (C=O) groups is 1. The van der Waals surface area contributed by atoms with Crippen LogP contribution < -0.4 is 0 Å². The maximum Gasteiger partial charge on any atom is 0.397 e. The van der Waals surface area contributed by atoms with Gasteiger partial charge >= 0.3 is 16.4 Å². The van der Waals surface area contributed by atoms with Crippen LogP contribution in [-0.2, 0) is 38.3 Å². The van der Waals surface area contributed by atoms with Crippen LogP contribution in [0.3, 0.4) is 0 Å². The van der Waals surface area contributed by atoms with E-state index in [1.807, 2.05) is 0 Å². The zero-order valence-corrected chi connectivity index (χ0v) is 44.6. The Hall–Kier alpha value is -2.46. The molecule has 0 aromatic rings. The highest BCUT2D eigenvalue weighted by Gasteiger charge is 2.48. The number of hydrogen-bond acceptors (Lipinski definition) is 11. The minimum absolute atomic E-state index is 0.0222. The Labute approximate surface area is 426 Å². The zero-order chi connectivity index (χ0) is 51.0. The first-order valence-corrected chi connectivity index (χ1v) is 29.1. The van der Waals surface area contributed by atoms with Crippen molar-refractivity contribution in [3.8, 4) is 0 Å². The van der Waals surface area contributed by atoms with Gasteiger partial charge in [-0.3, -0.25) is 9.35 Å². The molecule has 1 aliphatic rings. The molecule has 0 saturated carbocycles. The van der Waals surface area contributed by atoms with Gasteiger partial charge in [0, 0.05) is 13.0 Å². The van der Waals surface area contributed by atoms with Crippen molar-refractivity contribution in [2.75, 3.05) is 26.4 Å². The summed E-state index contributed by atoms with van der Waals surface area (Å²) in [4.78, 5) is 12.9. The average Bonchev–Trinajstić information content (AvgIpc) is 3.34. The molecule has 0 radical (unpaired) electrons. The molecule has 1 aliphatic heterocycles. The molecule has 13 heteroatoms. The molecule has 1 rings (SSSR count). The number of carbonyl (C=O) groups excluding carboxylic acids is 1. The summed E-state index contributed by atoms with van der Waals surface area (Å²) in [6.07, 6.45) is 53.6. The first kappa shape index (κ1) is 65.6. The molecule has 4 N–H and O–H groups in total. The van der Waals surface area contributed by atoms with Crippen LogP contribution in [0.1, 0.15) is 219 Å². The van der Waals surface area contributed by atoms with Crippen LogP contribution in [0.4, 0.5) is 0 Å². The highest BCUT2D eigenvalue weighted by atomic mass is 32.3. The number of esters is 1. The van der Waals surface area contributed by atoms with Crippen LogP contribution >= 0.6 is 0 Å². The maximum absolute atomic E-state index is 12.9. The minimum Gasteiger partial charge on any atom is -0.457 e. The van der Waals surface area contributed by atoms with E-state index in [0.717, 1.165) is 89.9 Å². The summed E-state index contributed by atoms with van der Waals surface area (Å²) in [6, 6.07) is 0. The Morgan fingerprint density at radius 2 is 0.986 bits per heavy atom. The van der Waals surface area contributed by atoms with E-state index in [1.54, 1.807) is 0 Å². The topological polar surface area (TPSA) is 178 Å². The molecule has 70 heavy (non-hydrogen) atoms. The predicted octanol–water partition coefficient (Wildman–Crippen LogP) is 13.4. The Bertz CT molecular complexity index is 1490. The van der Waals surface area contributed by atoms with Gasteiger partial charge in [0.25, 0.3) is 0 Å². The monoisotopic (exact) mass is 1010 g/mol. The van der Waals surface area contributed by atoms with E-state index in [0.29, 0.717) is 13.0 Å². The SMILES string of the molecule is CC/C=C\C/C=C\C/C=C\C/C=C\C/C=C\CCCCCCCCOCC(COC1OC(CO)C(O)C(OS(=O)(=O)O)C1O)OC(=O)CCCCCCCCCCC/C=C\CCCCCCCCCC. The molecule has 0 aromatic heterocycles. The zero-order valence-electron chi connectivity index (χ0n) is 43.8. The van der Waals surface area contributed by atoms with Crippen molar-refractivity contribution in [1.29, 1.82) is 0 Å². The Kier molecular flexibility index (Phi) is 44.5. The molecular weight excluding hydrogens is 909 g/mol. The fraction of sp³-hybridized carbons (Fsp3) is 0.772. The molecule has 0 aliphatic carbocycles. The predicted molar refractivity (Wildman–Crippen MR) is 285 cm³/mol. The van der Waals surface area contributed by atoms with Gasteiger partial charge in [0.15, 0.2) is 6.29 Å². The number of unbranched alkanes of at least 4 members (excludes halogenated alkanes) is 23. The molecule has 406 valence electrons. The van der Waals surface area contributed by atoms with Crippen molar-refractivity contribution < 1.29 is 56.2 Å². The highest BCUT2D eigenvalue weighted by molar-refractivity contribution is 7.80. The summed E-state index contributed by atoms with van der Waals surface area (Å²) in [5, 5.41) is 30.8. The smallest absolute Gasteiger partial charge is 0.397 e. The summed E-state index contributed by atoms with van der Waals surface area (Å²) in [6.45, 7) is 3.86. The lowest BCUT2D eigenvalue weighted by atomic mass is 9.99. The lowest BCUT2D eigenvalue weighted by Crippen LogP contribution is -2.60.